The lowest BCUT2D eigenvalue weighted by molar-refractivity contribution is 0.103. The van der Waals surface area contributed by atoms with Crippen LogP contribution in [-0.2, 0) is 0 Å². The summed E-state index contributed by atoms with van der Waals surface area (Å²) >= 11 is 0. The molecule has 1 atom stereocenters. The first-order chi connectivity index (χ1) is 8.74. The average molecular weight is 244 g/mol. The third-order valence-corrected chi connectivity index (χ3v) is 3.45. The van der Waals surface area contributed by atoms with Gasteiger partial charge in [-0.05, 0) is 35.0 Å². The molecular weight excluding hydrogens is 228 g/mol. The monoisotopic (exact) mass is 244 g/mol. The normalized spacial score (nSPS) is 18.6. The number of tetrazole rings is 1. The third-order valence-electron chi connectivity index (χ3n) is 3.45. The molecule has 2 N–H and O–H groups in total. The van der Waals surface area contributed by atoms with Gasteiger partial charge in [-0.3, -0.25) is 4.90 Å². The number of aromatic nitrogens is 4. The number of hydrogen-bond acceptors (Lipinski definition) is 5. The lowest BCUT2D eigenvalue weighted by atomic mass is 10.0. The molecule has 0 aliphatic carbocycles. The van der Waals surface area contributed by atoms with Gasteiger partial charge in [0.15, 0.2) is 0 Å². The predicted octanol–water partition coefficient (Wildman–Crippen LogP) is 0.366. The zero-order chi connectivity index (χ0) is 12.5. The Hall–Kier alpha value is -1.79. The van der Waals surface area contributed by atoms with Crippen molar-refractivity contribution in [3.05, 3.63) is 36.2 Å². The van der Waals surface area contributed by atoms with Crippen molar-refractivity contribution in [2.45, 2.75) is 19.0 Å². The van der Waals surface area contributed by atoms with Crippen LogP contribution < -0.4 is 5.73 Å². The summed E-state index contributed by atoms with van der Waals surface area (Å²) < 4.78 is 1.66. The SMILES string of the molecule is CC(c1cccc(-n2cnnn2)c1)N1CC(N)C1. The Balaban J connectivity index is 1.83. The van der Waals surface area contributed by atoms with Gasteiger partial charge in [-0.1, -0.05) is 12.1 Å². The van der Waals surface area contributed by atoms with Gasteiger partial charge in [-0.15, -0.1) is 5.10 Å². The summed E-state index contributed by atoms with van der Waals surface area (Å²) in [6, 6.07) is 8.97. The second-order valence-electron chi connectivity index (χ2n) is 4.74. The minimum atomic E-state index is 0.329. The fourth-order valence-corrected chi connectivity index (χ4v) is 2.28. The molecule has 94 valence electrons. The molecule has 6 heteroatoms. The van der Waals surface area contributed by atoms with Crippen LogP contribution in [0, 0.1) is 0 Å². The summed E-state index contributed by atoms with van der Waals surface area (Å²) in [5.41, 5.74) is 8.06. The maximum Gasteiger partial charge on any atom is 0.143 e. The Morgan fingerprint density at radius 1 is 1.39 bits per heavy atom. The Labute approximate surface area is 105 Å². The van der Waals surface area contributed by atoms with Crippen molar-refractivity contribution in [2.75, 3.05) is 13.1 Å². The van der Waals surface area contributed by atoms with Gasteiger partial charge in [0, 0.05) is 25.2 Å². The molecular formula is C12H16N6. The van der Waals surface area contributed by atoms with Crippen LogP contribution in [0.4, 0.5) is 0 Å². The van der Waals surface area contributed by atoms with Gasteiger partial charge in [0.1, 0.15) is 6.33 Å². The minimum Gasteiger partial charge on any atom is -0.325 e. The van der Waals surface area contributed by atoms with E-state index in [-0.39, 0.29) is 0 Å². The Morgan fingerprint density at radius 3 is 2.89 bits per heavy atom. The molecule has 18 heavy (non-hydrogen) atoms. The number of rotatable bonds is 3. The standard InChI is InChI=1S/C12H16N6/c1-9(17-6-11(13)7-17)10-3-2-4-12(5-10)18-8-14-15-16-18/h2-5,8-9,11H,6-7,13H2,1H3. The van der Waals surface area contributed by atoms with E-state index >= 15 is 0 Å². The Kier molecular flexibility index (Phi) is 2.81. The fourth-order valence-electron chi connectivity index (χ4n) is 2.28. The first kappa shape index (κ1) is 11.3. The molecule has 0 amide bonds. The van der Waals surface area contributed by atoms with Crippen LogP contribution in [0.3, 0.4) is 0 Å². The van der Waals surface area contributed by atoms with Gasteiger partial charge < -0.3 is 5.73 Å². The first-order valence-electron chi connectivity index (χ1n) is 6.07. The van der Waals surface area contributed by atoms with E-state index < -0.39 is 0 Å². The van der Waals surface area contributed by atoms with E-state index in [0.717, 1.165) is 18.8 Å². The highest BCUT2D eigenvalue weighted by Crippen LogP contribution is 2.25. The van der Waals surface area contributed by atoms with Crippen LogP contribution in [0.2, 0.25) is 0 Å². The lowest BCUT2D eigenvalue weighted by Gasteiger charge is -2.41. The van der Waals surface area contributed by atoms with Gasteiger partial charge in [-0.25, -0.2) is 4.68 Å². The molecule has 2 aromatic rings. The van der Waals surface area contributed by atoms with E-state index in [1.807, 2.05) is 12.1 Å². The van der Waals surface area contributed by atoms with E-state index in [4.69, 9.17) is 5.73 Å². The molecule has 0 saturated carbocycles. The van der Waals surface area contributed by atoms with Crippen molar-refractivity contribution in [3.63, 3.8) is 0 Å². The zero-order valence-electron chi connectivity index (χ0n) is 10.3. The molecule has 0 bridgehead atoms. The lowest BCUT2D eigenvalue weighted by Crippen LogP contribution is -2.56. The minimum absolute atomic E-state index is 0.329. The molecule has 3 rings (SSSR count). The highest BCUT2D eigenvalue weighted by atomic mass is 15.5. The van der Waals surface area contributed by atoms with E-state index in [9.17, 15) is 0 Å². The van der Waals surface area contributed by atoms with E-state index in [0.29, 0.717) is 12.1 Å². The predicted molar refractivity (Wildman–Crippen MR) is 67.1 cm³/mol. The molecule has 0 radical (unpaired) electrons. The smallest absolute Gasteiger partial charge is 0.143 e. The van der Waals surface area contributed by atoms with Crippen molar-refractivity contribution in [3.8, 4) is 5.69 Å². The van der Waals surface area contributed by atoms with Crippen molar-refractivity contribution >= 4 is 0 Å². The zero-order valence-corrected chi connectivity index (χ0v) is 10.3. The van der Waals surface area contributed by atoms with Crippen molar-refractivity contribution in [1.82, 2.24) is 25.1 Å². The van der Waals surface area contributed by atoms with E-state index in [1.165, 1.54) is 5.56 Å². The summed E-state index contributed by atoms with van der Waals surface area (Å²) in [5.74, 6) is 0. The van der Waals surface area contributed by atoms with Crippen LogP contribution in [0.5, 0.6) is 0 Å². The van der Waals surface area contributed by atoms with Gasteiger partial charge in [0.05, 0.1) is 5.69 Å². The molecule has 1 fully saturated rings. The number of benzene rings is 1. The molecule has 1 aromatic heterocycles. The fraction of sp³-hybridized carbons (Fsp3) is 0.417. The maximum absolute atomic E-state index is 5.82. The topological polar surface area (TPSA) is 72.9 Å². The molecule has 1 unspecified atom stereocenters. The summed E-state index contributed by atoms with van der Waals surface area (Å²) in [6.07, 6.45) is 1.60. The van der Waals surface area contributed by atoms with Crippen LogP contribution in [-0.4, -0.2) is 44.2 Å². The number of likely N-dealkylation sites (tertiary alicyclic amines) is 1. The highest BCUT2D eigenvalue weighted by molar-refractivity contribution is 5.36. The van der Waals surface area contributed by atoms with Crippen molar-refractivity contribution in [1.29, 1.82) is 0 Å². The van der Waals surface area contributed by atoms with Crippen molar-refractivity contribution < 1.29 is 0 Å². The number of nitrogens with zero attached hydrogens (tertiary/aromatic N) is 5. The summed E-state index contributed by atoms with van der Waals surface area (Å²) in [5, 5.41) is 11.2. The number of hydrogen-bond donors (Lipinski definition) is 1. The summed E-state index contributed by atoms with van der Waals surface area (Å²) in [7, 11) is 0. The van der Waals surface area contributed by atoms with Gasteiger partial charge >= 0.3 is 0 Å². The van der Waals surface area contributed by atoms with E-state index in [2.05, 4.69) is 39.5 Å². The maximum atomic E-state index is 5.82. The average Bonchev–Trinajstić information content (AvgIpc) is 2.88. The molecule has 6 nitrogen and oxygen atoms in total. The van der Waals surface area contributed by atoms with Gasteiger partial charge in [0.25, 0.3) is 0 Å². The summed E-state index contributed by atoms with van der Waals surface area (Å²) in [4.78, 5) is 2.36. The molecule has 1 saturated heterocycles. The molecule has 1 aromatic carbocycles. The Morgan fingerprint density at radius 2 is 2.22 bits per heavy atom. The molecule has 0 spiro atoms. The quantitative estimate of drug-likeness (QED) is 0.844. The van der Waals surface area contributed by atoms with Crippen LogP contribution in [0.25, 0.3) is 5.69 Å². The van der Waals surface area contributed by atoms with Crippen LogP contribution in [0.15, 0.2) is 30.6 Å². The second-order valence-corrected chi connectivity index (χ2v) is 4.74. The van der Waals surface area contributed by atoms with Crippen LogP contribution in [0.1, 0.15) is 18.5 Å². The molecule has 1 aliphatic rings. The van der Waals surface area contributed by atoms with Crippen LogP contribution >= 0.6 is 0 Å². The molecule has 2 heterocycles. The second kappa shape index (κ2) is 4.47. The first-order valence-corrected chi connectivity index (χ1v) is 6.07. The number of nitrogens with two attached hydrogens (primary N) is 1. The third kappa shape index (κ3) is 2.00. The summed E-state index contributed by atoms with van der Waals surface area (Å²) in [6.45, 7) is 4.14. The Bertz CT molecular complexity index is 517. The largest absolute Gasteiger partial charge is 0.325 e. The van der Waals surface area contributed by atoms with Gasteiger partial charge in [0.2, 0.25) is 0 Å². The van der Waals surface area contributed by atoms with Crippen molar-refractivity contribution in [2.24, 2.45) is 5.73 Å². The highest BCUT2D eigenvalue weighted by Gasteiger charge is 2.28. The van der Waals surface area contributed by atoms with E-state index in [1.54, 1.807) is 11.0 Å². The molecule has 1 aliphatic heterocycles. The van der Waals surface area contributed by atoms with Gasteiger partial charge in [-0.2, -0.15) is 0 Å².